The molecular formula is C28H48NO2P. The number of allylic oxidation sites excluding steroid dienone is 1. The van der Waals surface area contributed by atoms with E-state index in [0.717, 1.165) is 29.4 Å². The number of benzene rings is 1. The molecule has 0 aliphatic rings. The second-order valence-corrected chi connectivity index (χ2v) is 8.36. The van der Waals surface area contributed by atoms with Crippen molar-refractivity contribution in [1.29, 1.82) is 0 Å². The summed E-state index contributed by atoms with van der Waals surface area (Å²) < 4.78 is 1.94. The maximum atomic E-state index is 10.6. The Morgan fingerprint density at radius 3 is 2.16 bits per heavy atom. The van der Waals surface area contributed by atoms with Crippen LogP contribution in [0.15, 0.2) is 43.1 Å². The quantitative estimate of drug-likeness (QED) is 0.206. The van der Waals surface area contributed by atoms with Crippen molar-refractivity contribution < 1.29 is 9.59 Å². The smallest absolute Gasteiger partial charge is 0.157 e. The van der Waals surface area contributed by atoms with E-state index in [1.54, 1.807) is 0 Å². The van der Waals surface area contributed by atoms with E-state index < -0.39 is 0 Å². The van der Waals surface area contributed by atoms with E-state index in [0.29, 0.717) is 6.54 Å². The topological polar surface area (TPSA) is 39.1 Å². The first-order chi connectivity index (χ1) is 15.4. The molecule has 2 rings (SSSR count). The van der Waals surface area contributed by atoms with E-state index in [1.807, 2.05) is 56.7 Å². The molecule has 0 N–H and O–H groups in total. The standard InChI is InChI=1S/C10H10NOP.C9H20.C7H12O.C2H6/c12-6-5-11-4-3-8-7-9(13)1-2-10(8)11;1-4-7-8-9(5-2)6-3;1-4-6(3)7(8)5-2;1-2/h1-4,6-7H,5,13H2;9H,4-8H2,1-3H3;5-6H,2,4H2,1,3H3;1-2H3. The first-order valence-corrected chi connectivity index (χ1v) is 12.9. The Labute approximate surface area is 200 Å². The van der Waals surface area contributed by atoms with Gasteiger partial charge in [-0.25, -0.2) is 0 Å². The number of carbonyl (C=O) groups is 2. The van der Waals surface area contributed by atoms with Crippen LogP contribution in [0.4, 0.5) is 0 Å². The summed E-state index contributed by atoms with van der Waals surface area (Å²) in [6.07, 6.45) is 12.1. The average molecular weight is 462 g/mol. The molecule has 1 aromatic carbocycles. The van der Waals surface area contributed by atoms with Gasteiger partial charge in [-0.15, -0.1) is 9.24 Å². The highest BCUT2D eigenvalue weighted by Gasteiger charge is 2.04. The Balaban J connectivity index is 0. The number of unbranched alkanes of at least 4 members (excludes halogenated alkanes) is 1. The molecule has 0 bridgehead atoms. The van der Waals surface area contributed by atoms with Gasteiger partial charge in [-0.1, -0.05) is 93.2 Å². The minimum Gasteiger partial charge on any atom is -0.340 e. The molecule has 0 aliphatic heterocycles. The van der Waals surface area contributed by atoms with E-state index >= 15 is 0 Å². The molecule has 0 aliphatic carbocycles. The summed E-state index contributed by atoms with van der Waals surface area (Å²) in [5, 5.41) is 2.34. The van der Waals surface area contributed by atoms with Gasteiger partial charge in [0.1, 0.15) is 6.29 Å². The summed E-state index contributed by atoms with van der Waals surface area (Å²) in [6.45, 7) is 18.6. The Hall–Kier alpha value is -1.73. The van der Waals surface area contributed by atoms with Gasteiger partial charge in [0.2, 0.25) is 0 Å². The third-order valence-corrected chi connectivity index (χ3v) is 5.85. The van der Waals surface area contributed by atoms with Crippen molar-refractivity contribution in [3.05, 3.63) is 43.1 Å². The van der Waals surface area contributed by atoms with E-state index in [9.17, 15) is 9.59 Å². The summed E-state index contributed by atoms with van der Waals surface area (Å²) >= 11 is 0. The Bertz CT molecular complexity index is 747. The fourth-order valence-electron chi connectivity index (χ4n) is 3.05. The summed E-state index contributed by atoms with van der Waals surface area (Å²) in [6, 6.07) is 8.16. The number of aromatic nitrogens is 1. The Kier molecular flexibility index (Phi) is 21.4. The SMILES string of the molecule is C=CC(=O)C(C)CC.CC.CCCCC(CC)CC.O=CCn1ccc2cc(P)ccc21. The molecule has 4 heteroatoms. The van der Waals surface area contributed by atoms with Crippen molar-refractivity contribution in [3.63, 3.8) is 0 Å². The molecule has 0 saturated heterocycles. The van der Waals surface area contributed by atoms with Crippen LogP contribution in [0.3, 0.4) is 0 Å². The van der Waals surface area contributed by atoms with E-state index in [2.05, 4.69) is 42.7 Å². The molecule has 3 nitrogen and oxygen atoms in total. The number of nitrogens with zero attached hydrogens (tertiary/aromatic N) is 1. The molecule has 32 heavy (non-hydrogen) atoms. The molecule has 2 unspecified atom stereocenters. The normalized spacial score (nSPS) is 10.7. The summed E-state index contributed by atoms with van der Waals surface area (Å²) in [7, 11) is 2.66. The molecule has 2 aromatic rings. The van der Waals surface area contributed by atoms with Crippen molar-refractivity contribution >= 4 is 37.5 Å². The molecule has 0 saturated carbocycles. The van der Waals surface area contributed by atoms with E-state index in [-0.39, 0.29) is 11.7 Å². The number of hydrogen-bond acceptors (Lipinski definition) is 2. The number of rotatable bonds is 10. The van der Waals surface area contributed by atoms with Gasteiger partial charge in [0.15, 0.2) is 5.78 Å². The maximum Gasteiger partial charge on any atom is 0.157 e. The molecule has 1 heterocycles. The van der Waals surface area contributed by atoms with Crippen LogP contribution >= 0.6 is 9.24 Å². The van der Waals surface area contributed by atoms with Crippen molar-refractivity contribution in [3.8, 4) is 0 Å². The second kappa shape index (κ2) is 21.1. The molecule has 0 radical (unpaired) electrons. The van der Waals surface area contributed by atoms with Gasteiger partial charge in [-0.2, -0.15) is 0 Å². The van der Waals surface area contributed by atoms with Crippen LogP contribution in [0.5, 0.6) is 0 Å². The lowest BCUT2D eigenvalue weighted by atomic mass is 9.97. The largest absolute Gasteiger partial charge is 0.340 e. The lowest BCUT2D eigenvalue weighted by Crippen LogP contribution is -2.04. The van der Waals surface area contributed by atoms with Crippen molar-refractivity contribution in [2.75, 3.05) is 0 Å². The van der Waals surface area contributed by atoms with Crippen LogP contribution in [-0.2, 0) is 16.1 Å². The highest BCUT2D eigenvalue weighted by Crippen LogP contribution is 2.15. The number of ketones is 1. The second-order valence-electron chi connectivity index (χ2n) is 7.69. The fraction of sp³-hybridized carbons (Fsp3) is 0.571. The van der Waals surface area contributed by atoms with Gasteiger partial charge >= 0.3 is 0 Å². The van der Waals surface area contributed by atoms with Crippen LogP contribution in [0, 0.1) is 11.8 Å². The first kappa shape index (κ1) is 32.4. The zero-order valence-corrected chi connectivity index (χ0v) is 22.8. The lowest BCUT2D eigenvalue weighted by molar-refractivity contribution is -0.117. The fourth-order valence-corrected chi connectivity index (χ4v) is 3.33. The summed E-state index contributed by atoms with van der Waals surface area (Å²) in [5.74, 6) is 1.31. The van der Waals surface area contributed by atoms with Crippen LogP contribution in [0.2, 0.25) is 0 Å². The summed E-state index contributed by atoms with van der Waals surface area (Å²) in [4.78, 5) is 21.0. The van der Waals surface area contributed by atoms with Crippen LogP contribution in [0.25, 0.3) is 10.9 Å². The zero-order chi connectivity index (χ0) is 24.9. The van der Waals surface area contributed by atoms with E-state index in [4.69, 9.17) is 0 Å². The third-order valence-electron chi connectivity index (χ3n) is 5.49. The molecule has 0 fully saturated rings. The first-order valence-electron chi connectivity index (χ1n) is 12.3. The van der Waals surface area contributed by atoms with E-state index in [1.165, 1.54) is 43.6 Å². The van der Waals surface area contributed by atoms with Gasteiger partial charge < -0.3 is 9.36 Å². The Morgan fingerprint density at radius 1 is 1.09 bits per heavy atom. The van der Waals surface area contributed by atoms with Crippen molar-refractivity contribution in [2.24, 2.45) is 11.8 Å². The van der Waals surface area contributed by atoms with Gasteiger partial charge in [-0.05, 0) is 41.9 Å². The Morgan fingerprint density at radius 2 is 1.72 bits per heavy atom. The lowest BCUT2D eigenvalue weighted by Gasteiger charge is -2.09. The predicted octanol–water partition coefficient (Wildman–Crippen LogP) is 7.77. The minimum absolute atomic E-state index is 0.146. The van der Waals surface area contributed by atoms with Gasteiger partial charge in [0.05, 0.1) is 6.54 Å². The van der Waals surface area contributed by atoms with Gasteiger partial charge in [0, 0.05) is 23.0 Å². The number of fused-ring (bicyclic) bond motifs is 1. The average Bonchev–Trinajstić information content (AvgIpc) is 3.22. The van der Waals surface area contributed by atoms with Crippen LogP contribution in [-0.4, -0.2) is 16.6 Å². The molecule has 1 aromatic heterocycles. The summed E-state index contributed by atoms with van der Waals surface area (Å²) in [5.41, 5.74) is 1.11. The van der Waals surface area contributed by atoms with Gasteiger partial charge in [0.25, 0.3) is 0 Å². The molecule has 2 atom stereocenters. The number of carbonyl (C=O) groups excluding carboxylic acids is 2. The van der Waals surface area contributed by atoms with Crippen LogP contribution in [0.1, 0.15) is 87.0 Å². The number of aldehydes is 1. The molecular weight excluding hydrogens is 413 g/mol. The highest BCUT2D eigenvalue weighted by atomic mass is 31.0. The third kappa shape index (κ3) is 13.6. The van der Waals surface area contributed by atoms with Crippen molar-refractivity contribution in [2.45, 2.75) is 93.5 Å². The molecule has 182 valence electrons. The van der Waals surface area contributed by atoms with Crippen LogP contribution < -0.4 is 5.30 Å². The molecule has 0 spiro atoms. The van der Waals surface area contributed by atoms with Gasteiger partial charge in [-0.3, -0.25) is 4.79 Å². The monoisotopic (exact) mass is 461 g/mol. The number of hydrogen-bond donors (Lipinski definition) is 0. The van der Waals surface area contributed by atoms with Crippen molar-refractivity contribution in [1.82, 2.24) is 4.57 Å². The molecule has 0 amide bonds. The zero-order valence-electron chi connectivity index (χ0n) is 21.7. The predicted molar refractivity (Wildman–Crippen MR) is 147 cm³/mol. The minimum atomic E-state index is 0.146. The highest BCUT2D eigenvalue weighted by molar-refractivity contribution is 7.27. The maximum absolute atomic E-state index is 10.6.